The van der Waals surface area contributed by atoms with Gasteiger partial charge in [-0.05, 0) is 30.5 Å². The van der Waals surface area contributed by atoms with Crippen molar-refractivity contribution in [2.75, 3.05) is 0 Å². The van der Waals surface area contributed by atoms with Gasteiger partial charge >= 0.3 is 6.36 Å². The summed E-state index contributed by atoms with van der Waals surface area (Å²) in [5.41, 5.74) is 6.79. The third kappa shape index (κ3) is 3.16. The topological polar surface area (TPSA) is 35.2 Å². The van der Waals surface area contributed by atoms with Crippen molar-refractivity contribution in [2.24, 2.45) is 5.73 Å². The van der Waals surface area contributed by atoms with Crippen molar-refractivity contribution in [3.63, 3.8) is 0 Å². The lowest BCUT2D eigenvalue weighted by Gasteiger charge is -2.34. The first kappa shape index (κ1) is 13.2. The molecule has 1 fully saturated rings. The molecule has 0 amide bonds. The van der Waals surface area contributed by atoms with Crippen LogP contribution in [0.15, 0.2) is 24.3 Å². The Morgan fingerprint density at radius 1 is 1.00 bits per heavy atom. The molecule has 1 aliphatic rings. The highest BCUT2D eigenvalue weighted by atomic mass is 19.4. The fraction of sp³-hybridized carbons (Fsp3) is 0.538. The van der Waals surface area contributed by atoms with Gasteiger partial charge in [0, 0.05) is 5.54 Å². The molecule has 0 aromatic heterocycles. The van der Waals surface area contributed by atoms with E-state index in [1.54, 1.807) is 12.1 Å². The van der Waals surface area contributed by atoms with Crippen LogP contribution in [-0.2, 0) is 5.54 Å². The van der Waals surface area contributed by atoms with Crippen LogP contribution < -0.4 is 10.5 Å². The Morgan fingerprint density at radius 2 is 1.56 bits per heavy atom. The Bertz CT molecular complexity index is 394. The van der Waals surface area contributed by atoms with Gasteiger partial charge in [-0.25, -0.2) is 0 Å². The lowest BCUT2D eigenvalue weighted by molar-refractivity contribution is -0.274. The SMILES string of the molecule is NC1(c2ccc(OC(F)(F)F)cc2)CCCCC1. The Hall–Kier alpha value is -1.23. The quantitative estimate of drug-likeness (QED) is 0.878. The number of ether oxygens (including phenoxy) is 1. The number of halogens is 3. The summed E-state index contributed by atoms with van der Waals surface area (Å²) in [7, 11) is 0. The van der Waals surface area contributed by atoms with Gasteiger partial charge in [0.2, 0.25) is 0 Å². The van der Waals surface area contributed by atoms with Crippen LogP contribution in [0.1, 0.15) is 37.7 Å². The zero-order valence-corrected chi connectivity index (χ0v) is 9.96. The maximum Gasteiger partial charge on any atom is 0.573 e. The average Bonchev–Trinajstić information content (AvgIpc) is 2.28. The lowest BCUT2D eigenvalue weighted by Crippen LogP contribution is -2.38. The van der Waals surface area contributed by atoms with Crippen LogP contribution in [0.25, 0.3) is 0 Å². The second-order valence-corrected chi connectivity index (χ2v) is 4.79. The van der Waals surface area contributed by atoms with Crippen molar-refractivity contribution in [1.82, 2.24) is 0 Å². The highest BCUT2D eigenvalue weighted by Gasteiger charge is 2.32. The molecule has 18 heavy (non-hydrogen) atoms. The Balaban J connectivity index is 2.12. The summed E-state index contributed by atoms with van der Waals surface area (Å²) in [6, 6.07) is 5.91. The van der Waals surface area contributed by atoms with Crippen molar-refractivity contribution < 1.29 is 17.9 Å². The summed E-state index contributed by atoms with van der Waals surface area (Å²) < 4.78 is 39.9. The molecule has 0 saturated heterocycles. The van der Waals surface area contributed by atoms with Gasteiger partial charge in [-0.3, -0.25) is 0 Å². The van der Waals surface area contributed by atoms with Gasteiger partial charge in [0.25, 0.3) is 0 Å². The fourth-order valence-electron chi connectivity index (χ4n) is 2.46. The molecule has 100 valence electrons. The van der Waals surface area contributed by atoms with Gasteiger partial charge in [0.1, 0.15) is 5.75 Å². The van der Waals surface area contributed by atoms with Crippen molar-refractivity contribution >= 4 is 0 Å². The van der Waals surface area contributed by atoms with Crippen LogP contribution in [0.2, 0.25) is 0 Å². The van der Waals surface area contributed by atoms with Gasteiger partial charge in [-0.1, -0.05) is 31.4 Å². The molecule has 0 bridgehead atoms. The Kier molecular flexibility index (Phi) is 3.52. The van der Waals surface area contributed by atoms with E-state index in [0.29, 0.717) is 0 Å². The number of alkyl halides is 3. The molecule has 0 radical (unpaired) electrons. The molecule has 0 spiro atoms. The van der Waals surface area contributed by atoms with Crippen LogP contribution in [-0.4, -0.2) is 6.36 Å². The van der Waals surface area contributed by atoms with Crippen molar-refractivity contribution in [1.29, 1.82) is 0 Å². The minimum absolute atomic E-state index is 0.203. The van der Waals surface area contributed by atoms with Crippen LogP contribution in [0.3, 0.4) is 0 Å². The van der Waals surface area contributed by atoms with E-state index in [-0.39, 0.29) is 5.75 Å². The summed E-state index contributed by atoms with van der Waals surface area (Å²) >= 11 is 0. The molecule has 5 heteroatoms. The smallest absolute Gasteiger partial charge is 0.406 e. The van der Waals surface area contributed by atoms with Gasteiger partial charge in [-0.15, -0.1) is 13.2 Å². The highest BCUT2D eigenvalue weighted by molar-refractivity contribution is 5.32. The second-order valence-electron chi connectivity index (χ2n) is 4.79. The predicted octanol–water partition coefficient (Wildman–Crippen LogP) is 3.70. The van der Waals surface area contributed by atoms with Gasteiger partial charge in [0.05, 0.1) is 0 Å². The minimum atomic E-state index is -4.65. The number of hydrogen-bond donors (Lipinski definition) is 1. The van der Waals surface area contributed by atoms with Gasteiger partial charge < -0.3 is 10.5 Å². The van der Waals surface area contributed by atoms with E-state index < -0.39 is 11.9 Å². The second kappa shape index (κ2) is 4.80. The van der Waals surface area contributed by atoms with Gasteiger partial charge in [0.15, 0.2) is 0 Å². The molecular weight excluding hydrogens is 243 g/mol. The first-order valence-corrected chi connectivity index (χ1v) is 6.04. The standard InChI is InChI=1S/C13H16F3NO/c14-13(15,16)18-11-6-4-10(5-7-11)12(17)8-2-1-3-9-12/h4-7H,1-3,8-9,17H2. The maximum absolute atomic E-state index is 12.0. The molecule has 1 aliphatic carbocycles. The van der Waals surface area contributed by atoms with E-state index in [2.05, 4.69) is 4.74 Å². The number of hydrogen-bond acceptors (Lipinski definition) is 2. The maximum atomic E-state index is 12.0. The lowest BCUT2D eigenvalue weighted by atomic mass is 9.77. The minimum Gasteiger partial charge on any atom is -0.406 e. The van der Waals surface area contributed by atoms with E-state index >= 15 is 0 Å². The molecule has 2 rings (SSSR count). The fourth-order valence-corrected chi connectivity index (χ4v) is 2.46. The number of rotatable bonds is 2. The summed E-state index contributed by atoms with van der Waals surface area (Å²) in [5.74, 6) is -0.203. The first-order valence-electron chi connectivity index (χ1n) is 6.04. The molecule has 0 unspecified atom stereocenters. The molecule has 2 N–H and O–H groups in total. The first-order chi connectivity index (χ1) is 8.39. The Labute approximate surface area is 104 Å². The normalized spacial score (nSPS) is 19.6. The third-order valence-corrected chi connectivity index (χ3v) is 3.41. The molecular formula is C13H16F3NO. The summed E-state index contributed by atoms with van der Waals surface area (Å²) in [6.45, 7) is 0. The van der Waals surface area contributed by atoms with Gasteiger partial charge in [-0.2, -0.15) is 0 Å². The third-order valence-electron chi connectivity index (χ3n) is 3.41. The molecule has 2 nitrogen and oxygen atoms in total. The predicted molar refractivity (Wildman–Crippen MR) is 62.1 cm³/mol. The summed E-state index contributed by atoms with van der Waals surface area (Å²) in [5, 5.41) is 0. The van der Waals surface area contributed by atoms with Crippen LogP contribution in [0, 0.1) is 0 Å². The molecule has 0 atom stereocenters. The zero-order chi connectivity index (χ0) is 13.2. The van der Waals surface area contributed by atoms with Crippen molar-refractivity contribution in [3.05, 3.63) is 29.8 Å². The van der Waals surface area contributed by atoms with E-state index in [1.165, 1.54) is 18.6 Å². The number of benzene rings is 1. The molecule has 1 aromatic carbocycles. The summed E-state index contributed by atoms with van der Waals surface area (Å²) in [6.07, 6.45) is 0.425. The Morgan fingerprint density at radius 3 is 2.06 bits per heavy atom. The largest absolute Gasteiger partial charge is 0.573 e. The van der Waals surface area contributed by atoms with E-state index in [4.69, 9.17) is 5.73 Å². The molecule has 1 saturated carbocycles. The van der Waals surface area contributed by atoms with E-state index in [0.717, 1.165) is 31.2 Å². The summed E-state index contributed by atoms with van der Waals surface area (Å²) in [4.78, 5) is 0. The van der Waals surface area contributed by atoms with E-state index in [1.807, 2.05) is 0 Å². The van der Waals surface area contributed by atoms with Crippen LogP contribution >= 0.6 is 0 Å². The van der Waals surface area contributed by atoms with Crippen molar-refractivity contribution in [2.45, 2.75) is 44.0 Å². The zero-order valence-electron chi connectivity index (χ0n) is 9.96. The van der Waals surface area contributed by atoms with Crippen LogP contribution in [0.5, 0.6) is 5.75 Å². The van der Waals surface area contributed by atoms with E-state index in [9.17, 15) is 13.2 Å². The van der Waals surface area contributed by atoms with Crippen molar-refractivity contribution in [3.8, 4) is 5.75 Å². The number of nitrogens with two attached hydrogens (primary N) is 1. The van der Waals surface area contributed by atoms with Crippen LogP contribution in [0.4, 0.5) is 13.2 Å². The molecule has 0 aliphatic heterocycles. The highest BCUT2D eigenvalue weighted by Crippen LogP contribution is 2.35. The molecule has 1 aromatic rings. The molecule has 0 heterocycles. The monoisotopic (exact) mass is 259 g/mol. The average molecular weight is 259 g/mol.